The van der Waals surface area contributed by atoms with E-state index in [1.54, 1.807) is 12.1 Å². The van der Waals surface area contributed by atoms with Gasteiger partial charge in [-0.25, -0.2) is 17.5 Å². The van der Waals surface area contributed by atoms with Crippen LogP contribution in [0.3, 0.4) is 0 Å². The highest BCUT2D eigenvalue weighted by Gasteiger charge is 2.20. The third kappa shape index (κ3) is 3.61. The van der Waals surface area contributed by atoms with Crippen molar-refractivity contribution in [2.75, 3.05) is 5.73 Å². The first-order valence-electron chi connectivity index (χ1n) is 6.10. The average Bonchev–Trinajstić information content (AvgIpc) is 2.42. The van der Waals surface area contributed by atoms with Gasteiger partial charge in [0, 0.05) is 22.3 Å². The predicted octanol–water partition coefficient (Wildman–Crippen LogP) is 2.96. The molecule has 0 aromatic heterocycles. The molecule has 0 aliphatic heterocycles. The Morgan fingerprint density at radius 3 is 2.62 bits per heavy atom. The van der Waals surface area contributed by atoms with Gasteiger partial charge in [0.1, 0.15) is 5.82 Å². The molecule has 0 fully saturated rings. The van der Waals surface area contributed by atoms with E-state index in [0.29, 0.717) is 0 Å². The van der Waals surface area contributed by atoms with Gasteiger partial charge in [0.05, 0.1) is 4.90 Å². The molecule has 0 heterocycles. The number of rotatable bonds is 4. The molecular weight excluding hydrogens is 359 g/mol. The van der Waals surface area contributed by atoms with Gasteiger partial charge >= 0.3 is 0 Å². The zero-order valence-electron chi connectivity index (χ0n) is 11.2. The molecule has 2 aromatic carbocycles. The van der Waals surface area contributed by atoms with Gasteiger partial charge in [0.25, 0.3) is 0 Å². The maximum absolute atomic E-state index is 13.6. The van der Waals surface area contributed by atoms with Crippen LogP contribution in [0.25, 0.3) is 0 Å². The topological polar surface area (TPSA) is 72.2 Å². The lowest BCUT2D eigenvalue weighted by Crippen LogP contribution is -2.24. The zero-order valence-corrected chi connectivity index (χ0v) is 13.6. The monoisotopic (exact) mass is 372 g/mol. The minimum atomic E-state index is -3.84. The Kier molecular flexibility index (Phi) is 4.65. The van der Waals surface area contributed by atoms with E-state index in [0.717, 1.165) is 16.1 Å². The highest BCUT2D eigenvalue weighted by molar-refractivity contribution is 9.10. The second kappa shape index (κ2) is 6.13. The lowest BCUT2D eigenvalue weighted by molar-refractivity contribution is 0.574. The number of nitrogens with two attached hydrogens (primary N) is 1. The maximum atomic E-state index is 13.6. The smallest absolute Gasteiger partial charge is 0.241 e. The summed E-state index contributed by atoms with van der Waals surface area (Å²) in [7, 11) is -3.84. The molecular formula is C14H14BrFN2O2S. The molecule has 21 heavy (non-hydrogen) atoms. The highest BCUT2D eigenvalue weighted by atomic mass is 79.9. The Morgan fingerprint density at radius 2 is 1.95 bits per heavy atom. The molecule has 0 saturated carbocycles. The normalized spacial score (nSPS) is 11.6. The number of anilines is 1. The summed E-state index contributed by atoms with van der Waals surface area (Å²) in [6.45, 7) is 1.50. The van der Waals surface area contributed by atoms with Crippen LogP contribution in [0.4, 0.5) is 10.1 Å². The molecule has 0 aliphatic carbocycles. The van der Waals surface area contributed by atoms with Gasteiger partial charge in [-0.2, -0.15) is 0 Å². The molecule has 2 rings (SSSR count). The number of hydrogen-bond acceptors (Lipinski definition) is 3. The van der Waals surface area contributed by atoms with Crippen molar-refractivity contribution in [2.24, 2.45) is 0 Å². The third-order valence-corrected chi connectivity index (χ3v) is 5.32. The minimum absolute atomic E-state index is 0.0452. The van der Waals surface area contributed by atoms with Gasteiger partial charge in [0.2, 0.25) is 10.0 Å². The quantitative estimate of drug-likeness (QED) is 0.810. The molecule has 112 valence electrons. The Balaban J connectivity index is 2.30. The molecule has 0 bridgehead atoms. The first-order valence-corrected chi connectivity index (χ1v) is 8.37. The molecule has 0 spiro atoms. The van der Waals surface area contributed by atoms with E-state index >= 15 is 0 Å². The summed E-state index contributed by atoms with van der Waals surface area (Å²) in [6.07, 6.45) is 0. The van der Waals surface area contributed by atoms with Crippen molar-refractivity contribution in [3.63, 3.8) is 0 Å². The fourth-order valence-electron chi connectivity index (χ4n) is 1.84. The van der Waals surface area contributed by atoms with Gasteiger partial charge in [-0.05, 0) is 30.7 Å². The summed E-state index contributed by atoms with van der Waals surface area (Å²) >= 11 is 3.34. The lowest BCUT2D eigenvalue weighted by Gasteiger charge is -2.11. The van der Waals surface area contributed by atoms with E-state index < -0.39 is 15.8 Å². The van der Waals surface area contributed by atoms with Crippen molar-refractivity contribution in [2.45, 2.75) is 18.4 Å². The van der Waals surface area contributed by atoms with Crippen LogP contribution in [0.2, 0.25) is 0 Å². The van der Waals surface area contributed by atoms with Crippen molar-refractivity contribution < 1.29 is 12.8 Å². The number of sulfonamides is 1. The number of hydrogen-bond donors (Lipinski definition) is 2. The Morgan fingerprint density at radius 1 is 1.29 bits per heavy atom. The van der Waals surface area contributed by atoms with E-state index in [1.165, 1.54) is 13.0 Å². The van der Waals surface area contributed by atoms with Crippen LogP contribution in [-0.4, -0.2) is 8.42 Å². The van der Waals surface area contributed by atoms with Gasteiger partial charge in [-0.15, -0.1) is 0 Å². The third-order valence-electron chi connectivity index (χ3n) is 3.02. The minimum Gasteiger partial charge on any atom is -0.399 e. The van der Waals surface area contributed by atoms with Crippen LogP contribution >= 0.6 is 15.9 Å². The number of halogens is 2. The van der Waals surface area contributed by atoms with E-state index in [2.05, 4.69) is 20.7 Å². The highest BCUT2D eigenvalue weighted by Crippen LogP contribution is 2.22. The summed E-state index contributed by atoms with van der Waals surface area (Å²) < 4.78 is 41.4. The van der Waals surface area contributed by atoms with Crippen LogP contribution in [0, 0.1) is 12.7 Å². The molecule has 3 N–H and O–H groups in total. The summed E-state index contributed by atoms with van der Waals surface area (Å²) in [5, 5.41) is 0. The number of nitrogen functional groups attached to an aromatic ring is 1. The predicted molar refractivity (Wildman–Crippen MR) is 83.7 cm³/mol. The lowest BCUT2D eigenvalue weighted by atomic mass is 10.2. The van der Waals surface area contributed by atoms with Crippen molar-refractivity contribution in [3.05, 3.63) is 57.8 Å². The SMILES string of the molecule is Cc1c(F)cc(N)cc1S(=O)(=O)NCc1ccccc1Br. The fraction of sp³-hybridized carbons (Fsp3) is 0.143. The van der Waals surface area contributed by atoms with Gasteiger partial charge in [-0.3, -0.25) is 0 Å². The number of nitrogens with one attached hydrogen (secondary N) is 1. The summed E-state index contributed by atoms with van der Waals surface area (Å²) in [5.74, 6) is -0.642. The molecule has 2 aromatic rings. The van der Waals surface area contributed by atoms with Crippen molar-refractivity contribution in [1.29, 1.82) is 0 Å². The van der Waals surface area contributed by atoms with Crippen LogP contribution in [0.15, 0.2) is 45.8 Å². The van der Waals surface area contributed by atoms with Crippen LogP contribution in [-0.2, 0) is 16.6 Å². The first kappa shape index (κ1) is 15.9. The van der Waals surface area contributed by atoms with Crippen molar-refractivity contribution >= 4 is 31.6 Å². The van der Waals surface area contributed by atoms with E-state index in [9.17, 15) is 12.8 Å². The largest absolute Gasteiger partial charge is 0.399 e. The molecule has 0 aliphatic rings. The molecule has 7 heteroatoms. The summed E-state index contributed by atoms with van der Waals surface area (Å²) in [5.41, 5.74) is 6.41. The van der Waals surface area contributed by atoms with Gasteiger partial charge in [0.15, 0.2) is 0 Å². The first-order chi connectivity index (χ1) is 9.81. The van der Waals surface area contributed by atoms with E-state index in [4.69, 9.17) is 5.73 Å². The van der Waals surface area contributed by atoms with E-state index in [-0.39, 0.29) is 22.7 Å². The average molecular weight is 373 g/mol. The zero-order chi connectivity index (χ0) is 15.6. The molecule has 0 radical (unpaired) electrons. The van der Waals surface area contributed by atoms with Gasteiger partial charge in [-0.1, -0.05) is 34.1 Å². The molecule has 0 unspecified atom stereocenters. The molecule has 0 saturated heterocycles. The Labute approximate surface area is 131 Å². The van der Waals surface area contributed by atoms with E-state index in [1.807, 2.05) is 12.1 Å². The molecule has 4 nitrogen and oxygen atoms in total. The maximum Gasteiger partial charge on any atom is 0.241 e. The fourth-order valence-corrected chi connectivity index (χ4v) is 3.56. The second-order valence-electron chi connectivity index (χ2n) is 4.54. The van der Waals surface area contributed by atoms with Crippen molar-refractivity contribution in [3.8, 4) is 0 Å². The Hall–Kier alpha value is -1.44. The van der Waals surface area contributed by atoms with Crippen molar-refractivity contribution in [1.82, 2.24) is 4.72 Å². The summed E-state index contributed by atoms with van der Waals surface area (Å²) in [4.78, 5) is -0.146. The molecule has 0 atom stereocenters. The van der Waals surface area contributed by atoms with Crippen LogP contribution < -0.4 is 10.5 Å². The van der Waals surface area contributed by atoms with Crippen LogP contribution in [0.5, 0.6) is 0 Å². The number of benzene rings is 2. The molecule has 0 amide bonds. The standard InChI is InChI=1S/C14H14BrFN2O2S/c1-9-13(16)6-11(17)7-14(9)21(19,20)18-8-10-4-2-3-5-12(10)15/h2-7,18H,8,17H2,1H3. The second-order valence-corrected chi connectivity index (χ2v) is 7.13. The van der Waals surface area contributed by atoms with Gasteiger partial charge < -0.3 is 5.73 Å². The summed E-state index contributed by atoms with van der Waals surface area (Å²) in [6, 6.07) is 9.59. The Bertz CT molecular complexity index is 779. The van der Waals surface area contributed by atoms with Crippen LogP contribution in [0.1, 0.15) is 11.1 Å².